The fourth-order valence-corrected chi connectivity index (χ4v) is 5.41. The largest absolute Gasteiger partial charge is 0.358 e. The van der Waals surface area contributed by atoms with Crippen molar-refractivity contribution in [3.05, 3.63) is 51.5 Å². The predicted octanol–water partition coefficient (Wildman–Crippen LogP) is -5.80. The molecule has 23 heteroatoms. The van der Waals surface area contributed by atoms with Crippen LogP contribution in [0.15, 0.2) is 24.3 Å². The van der Waals surface area contributed by atoms with Crippen LogP contribution < -0.4 is 21.7 Å². The van der Waals surface area contributed by atoms with E-state index in [9.17, 15) is 19.2 Å². The summed E-state index contributed by atoms with van der Waals surface area (Å²) < 4.78 is 30.1. The van der Waals surface area contributed by atoms with Gasteiger partial charge < -0.3 is 15.0 Å². The van der Waals surface area contributed by atoms with Crippen molar-refractivity contribution in [1.29, 1.82) is 0 Å². The van der Waals surface area contributed by atoms with Crippen molar-refractivity contribution in [2.45, 2.75) is 32.5 Å². The Morgan fingerprint density at radius 3 is 1.87 bits per heavy atom. The van der Waals surface area contributed by atoms with Gasteiger partial charge in [0.2, 0.25) is 19.8 Å². The van der Waals surface area contributed by atoms with Gasteiger partial charge in [-0.25, -0.2) is 0 Å². The number of benzene rings is 2. The van der Waals surface area contributed by atoms with E-state index >= 15 is 8.78 Å². The Morgan fingerprint density at radius 2 is 1.36 bits per heavy atom. The smallest absolute Gasteiger partial charge is 0.349 e. The second-order valence-corrected chi connectivity index (χ2v) is 11.2. The molecule has 4 rings (SSSR count). The lowest BCUT2D eigenvalue weighted by Gasteiger charge is -2.65. The fourth-order valence-electron chi connectivity index (χ4n) is 5.28. The van der Waals surface area contributed by atoms with Crippen LogP contribution >= 0.6 is 11.6 Å². The van der Waals surface area contributed by atoms with Crippen LogP contribution in [0.25, 0.3) is 0 Å². The van der Waals surface area contributed by atoms with Gasteiger partial charge in [0.15, 0.2) is 0 Å². The van der Waals surface area contributed by atoms with Gasteiger partial charge in [-0.15, -0.1) is 0 Å². The number of halogens is 3. The molecule has 2 aliphatic heterocycles. The van der Waals surface area contributed by atoms with E-state index in [0.29, 0.717) is 0 Å². The number of rotatable bonds is 5. The molecular weight excluding hydrogens is 584 g/mol. The summed E-state index contributed by atoms with van der Waals surface area (Å²) >= 11 is 5.73. The Kier molecular flexibility index (Phi) is 8.26. The van der Waals surface area contributed by atoms with Crippen LogP contribution in [0.1, 0.15) is 27.0 Å². The van der Waals surface area contributed by atoms with Crippen molar-refractivity contribution in [3.63, 3.8) is 0 Å². The highest BCUT2D eigenvalue weighted by Crippen LogP contribution is 2.58. The Bertz CT molecular complexity index is 1690. The third-order valence-corrected chi connectivity index (χ3v) is 8.07. The molecule has 2 aromatic rings. The number of carbonyl (C=O) groups excluding carboxylic acids is 4. The first-order chi connectivity index (χ1) is 20.2. The number of fused-ring (bicyclic) bond motifs is 1. The minimum absolute atomic E-state index is 0.108. The van der Waals surface area contributed by atoms with Crippen LogP contribution in [0, 0.1) is 0 Å². The van der Waals surface area contributed by atoms with Crippen LogP contribution in [0.5, 0.6) is 0 Å². The first-order valence-corrected chi connectivity index (χ1v) is 12.7. The maximum atomic E-state index is 15.1. The van der Waals surface area contributed by atoms with Crippen LogP contribution in [-0.4, -0.2) is 141 Å². The monoisotopic (exact) mass is 591 g/mol. The highest BCUT2D eigenvalue weighted by atomic mass is 35.5. The summed E-state index contributed by atoms with van der Waals surface area (Å²) in [6.45, 7) is 0. The minimum Gasteiger partial charge on any atom is -0.358 e. The molecule has 0 bridgehead atoms. The number of nitrogens with one attached hydrogen (secondary N) is 1. The molecule has 4 amide bonds. The molecular formula is C22H5B13ClF2N3O4. The molecule has 1 saturated heterocycles. The molecule has 1 N–H and O–H groups in total. The molecule has 7 nitrogen and oxygen atoms in total. The van der Waals surface area contributed by atoms with Gasteiger partial charge in [-0.05, 0) is 33.6 Å². The van der Waals surface area contributed by atoms with Crippen molar-refractivity contribution in [3.8, 4) is 0 Å². The Balaban J connectivity index is 1.89. The molecule has 26 radical (unpaired) electrons. The predicted molar refractivity (Wildman–Crippen MR) is 173 cm³/mol. The van der Waals surface area contributed by atoms with E-state index in [1.54, 1.807) is 5.32 Å². The Labute approximate surface area is 279 Å². The lowest BCUT2D eigenvalue weighted by molar-refractivity contribution is -0.150. The minimum atomic E-state index is -4.24. The number of piperidine rings is 1. The van der Waals surface area contributed by atoms with Gasteiger partial charge in [0.25, 0.3) is 11.8 Å². The van der Waals surface area contributed by atoms with Crippen LogP contribution in [-0.2, 0) is 31.0 Å². The summed E-state index contributed by atoms with van der Waals surface area (Å²) in [6.07, 6.45) is 0. The number of nitrogens with zero attached hydrogens (tertiary/aromatic N) is 2. The number of alkyl halides is 2. The topological polar surface area (TPSA) is 86.8 Å². The maximum Gasteiger partial charge on any atom is 0.349 e. The van der Waals surface area contributed by atoms with Gasteiger partial charge in [-0.1, -0.05) is 50.9 Å². The molecule has 45 heavy (non-hydrogen) atoms. The van der Waals surface area contributed by atoms with E-state index < -0.39 is 94.7 Å². The molecule has 0 aromatic heterocycles. The van der Waals surface area contributed by atoms with E-state index in [0.717, 1.165) is 24.3 Å². The standard InChI is InChI=1S/C22H5B13ClF2N3O4/c23-10-7-8(21(31,32)41(13(7)42)19(28)16(45)40(35)15(44)18(26,27)22(19,33)34)11(24)9(12(10)25)20(29,30)39-14(43)17(37,38)5-1-3-6(36)4-2-5/h1-4H,(H,39,43). The van der Waals surface area contributed by atoms with Crippen molar-refractivity contribution < 1.29 is 28.0 Å². The molecule has 2 heterocycles. The molecule has 0 spiro atoms. The van der Waals surface area contributed by atoms with Crippen molar-refractivity contribution in [1.82, 2.24) is 15.0 Å². The Hall–Kier alpha value is -2.49. The van der Waals surface area contributed by atoms with Crippen molar-refractivity contribution in [2.24, 2.45) is 0 Å². The maximum absolute atomic E-state index is 15.1. The summed E-state index contributed by atoms with van der Waals surface area (Å²) in [6, 6.07) is 3.97. The first kappa shape index (κ1) is 35.4. The third kappa shape index (κ3) is 4.61. The first-order valence-electron chi connectivity index (χ1n) is 12.3. The number of hydrogen-bond acceptors (Lipinski definition) is 4. The second kappa shape index (κ2) is 10.5. The summed E-state index contributed by atoms with van der Waals surface area (Å²) in [5, 5.41) is -9.92. The van der Waals surface area contributed by atoms with Crippen LogP contribution in [0.4, 0.5) is 8.78 Å². The van der Waals surface area contributed by atoms with Crippen LogP contribution in [0.3, 0.4) is 0 Å². The summed E-state index contributed by atoms with van der Waals surface area (Å²) in [7, 11) is 78.8. The van der Waals surface area contributed by atoms with Gasteiger partial charge >= 0.3 is 5.92 Å². The molecule has 2 aromatic carbocycles. The quantitative estimate of drug-likeness (QED) is 0.279. The average molecular weight is 589 g/mol. The van der Waals surface area contributed by atoms with E-state index in [1.807, 2.05) is 0 Å². The zero-order valence-electron chi connectivity index (χ0n) is 23.0. The Morgan fingerprint density at radius 1 is 0.844 bits per heavy atom. The normalized spacial score (nSPS) is 22.2. The zero-order valence-corrected chi connectivity index (χ0v) is 23.7. The molecule has 2 aliphatic rings. The fraction of sp³-hybridized carbons (Fsp3) is 0.273. The van der Waals surface area contributed by atoms with Crippen molar-refractivity contribution >= 4 is 154 Å². The summed E-state index contributed by atoms with van der Waals surface area (Å²) in [5.74, 6) is -10.8. The number of amides is 4. The van der Waals surface area contributed by atoms with E-state index in [2.05, 4.69) is 0 Å². The number of carbonyl (C=O) groups is 4. The van der Waals surface area contributed by atoms with Crippen molar-refractivity contribution in [2.75, 3.05) is 0 Å². The number of hydrogen-bond donors (Lipinski definition) is 1. The van der Waals surface area contributed by atoms with E-state index in [-0.39, 0.29) is 14.7 Å². The average Bonchev–Trinajstić information content (AvgIpc) is 3.14. The molecule has 192 valence electrons. The lowest BCUT2D eigenvalue weighted by Crippen LogP contribution is -2.78. The zero-order chi connectivity index (χ0) is 34.6. The lowest BCUT2D eigenvalue weighted by atomic mass is 9.20. The number of imide groups is 1. The molecule has 1 fully saturated rings. The highest BCUT2D eigenvalue weighted by Gasteiger charge is 2.67. The van der Waals surface area contributed by atoms with Gasteiger partial charge in [-0.2, -0.15) is 8.78 Å². The second-order valence-electron chi connectivity index (χ2n) is 10.7. The molecule has 0 saturated carbocycles. The van der Waals surface area contributed by atoms with Gasteiger partial charge in [0.1, 0.15) is 31.4 Å². The highest BCUT2D eigenvalue weighted by molar-refractivity contribution is 6.68. The molecule has 1 unspecified atom stereocenters. The van der Waals surface area contributed by atoms with Gasteiger partial charge in [0, 0.05) is 16.1 Å². The summed E-state index contributed by atoms with van der Waals surface area (Å²) in [5.41, 5.74) is -8.37. The third-order valence-electron chi connectivity index (χ3n) is 7.82. The van der Waals surface area contributed by atoms with E-state index in [1.165, 1.54) is 0 Å². The summed E-state index contributed by atoms with van der Waals surface area (Å²) in [4.78, 5) is 52.6. The van der Waals surface area contributed by atoms with Gasteiger partial charge in [0.05, 0.1) is 68.2 Å². The van der Waals surface area contributed by atoms with E-state index in [4.69, 9.17) is 114 Å². The molecule has 1 atom stereocenters. The van der Waals surface area contributed by atoms with Gasteiger partial charge in [-0.3, -0.25) is 19.2 Å². The van der Waals surface area contributed by atoms with Crippen LogP contribution in [0.2, 0.25) is 15.5 Å². The SMILES string of the molecule is [B]c1c([B])c(C([B])([B])NC(=O)C(F)(F)c2ccc(Cl)cc2)c([B])c2c1C(=O)N(C1([B])C(=O)N([B])C(=O)C([B])([B])C1([B])[B])C2([B])[B]. The molecule has 0 aliphatic carbocycles.